The van der Waals surface area contributed by atoms with Crippen LogP contribution < -0.4 is 10.6 Å². The van der Waals surface area contributed by atoms with Crippen molar-refractivity contribution in [2.75, 3.05) is 0 Å². The lowest BCUT2D eigenvalue weighted by atomic mass is 9.99. The number of amides is 1. The highest BCUT2D eigenvalue weighted by Crippen LogP contribution is 2.28. The van der Waals surface area contributed by atoms with Gasteiger partial charge in [-0.2, -0.15) is 0 Å². The van der Waals surface area contributed by atoms with E-state index in [1.807, 2.05) is 0 Å². The lowest BCUT2D eigenvalue weighted by Gasteiger charge is -2.29. The topological polar surface area (TPSA) is 102 Å². The molecule has 0 radical (unpaired) electrons. The molecular weight excluding hydrogens is 393 g/mol. The van der Waals surface area contributed by atoms with Crippen LogP contribution in [0.15, 0.2) is 36.9 Å². The van der Waals surface area contributed by atoms with Crippen LogP contribution >= 0.6 is 24.8 Å². The molecule has 2 fully saturated rings. The number of hydrogen-bond donors (Lipinski definition) is 2. The quantitative estimate of drug-likeness (QED) is 0.592. The molecular formula is C17H21Cl2N5O3. The Kier molecular flexibility index (Phi) is 6.80. The molecule has 2 aliphatic rings. The molecule has 2 atom stereocenters. The van der Waals surface area contributed by atoms with E-state index in [4.69, 9.17) is 0 Å². The second-order valence-electron chi connectivity index (χ2n) is 6.71. The minimum absolute atomic E-state index is 0. The van der Waals surface area contributed by atoms with E-state index < -0.39 is 4.92 Å². The number of carbonyl (C=O) groups excluding carboxylic acids is 1. The summed E-state index contributed by atoms with van der Waals surface area (Å²) in [7, 11) is 0. The van der Waals surface area contributed by atoms with Crippen LogP contribution in [0.2, 0.25) is 0 Å². The number of nitrogens with zero attached hydrogens (tertiary/aromatic N) is 3. The van der Waals surface area contributed by atoms with E-state index in [2.05, 4.69) is 15.6 Å². The number of nitrogens with one attached hydrogen (secondary N) is 2. The van der Waals surface area contributed by atoms with Crippen LogP contribution in [0.25, 0.3) is 5.69 Å². The van der Waals surface area contributed by atoms with Crippen molar-refractivity contribution in [2.24, 2.45) is 0 Å². The van der Waals surface area contributed by atoms with Crippen LogP contribution in [-0.4, -0.2) is 38.5 Å². The molecule has 8 nitrogen and oxygen atoms in total. The monoisotopic (exact) mass is 413 g/mol. The number of carbonyl (C=O) groups is 1. The molecule has 0 spiro atoms. The molecule has 2 aliphatic heterocycles. The Bertz CT molecular complexity index is 803. The van der Waals surface area contributed by atoms with E-state index in [0.717, 1.165) is 25.7 Å². The van der Waals surface area contributed by atoms with Gasteiger partial charge in [0, 0.05) is 42.1 Å². The van der Waals surface area contributed by atoms with E-state index >= 15 is 0 Å². The summed E-state index contributed by atoms with van der Waals surface area (Å²) < 4.78 is 1.56. The van der Waals surface area contributed by atoms with E-state index in [9.17, 15) is 14.9 Å². The highest BCUT2D eigenvalue weighted by Gasteiger charge is 2.34. The van der Waals surface area contributed by atoms with Gasteiger partial charge < -0.3 is 15.2 Å². The first kappa shape index (κ1) is 21.1. The molecule has 0 aliphatic carbocycles. The average Bonchev–Trinajstić information content (AvgIpc) is 3.24. The van der Waals surface area contributed by atoms with Crippen molar-refractivity contribution in [3.8, 4) is 5.69 Å². The smallest absolute Gasteiger partial charge is 0.294 e. The normalized spacial score (nSPS) is 23.0. The van der Waals surface area contributed by atoms with Crippen LogP contribution in [0.1, 0.15) is 36.0 Å². The third-order valence-electron chi connectivity index (χ3n) is 5.03. The van der Waals surface area contributed by atoms with Crippen LogP contribution in [0.3, 0.4) is 0 Å². The van der Waals surface area contributed by atoms with Crippen LogP contribution in [0.4, 0.5) is 5.69 Å². The number of aromatic nitrogens is 2. The molecule has 1 aromatic carbocycles. The summed E-state index contributed by atoms with van der Waals surface area (Å²) in [5, 5.41) is 18.0. The number of nitro benzene ring substituents is 1. The fourth-order valence-electron chi connectivity index (χ4n) is 3.87. The van der Waals surface area contributed by atoms with Gasteiger partial charge in [0.25, 0.3) is 11.6 Å². The van der Waals surface area contributed by atoms with Gasteiger partial charge in [-0.1, -0.05) is 0 Å². The maximum atomic E-state index is 12.5. The van der Waals surface area contributed by atoms with Crippen molar-refractivity contribution < 1.29 is 9.72 Å². The zero-order valence-corrected chi connectivity index (χ0v) is 16.0. The van der Waals surface area contributed by atoms with Crippen LogP contribution in [0, 0.1) is 10.1 Å². The summed E-state index contributed by atoms with van der Waals surface area (Å²) in [4.78, 5) is 27.4. The number of imidazole rings is 1. The Morgan fingerprint density at radius 1 is 1.26 bits per heavy atom. The molecule has 1 amide bonds. The largest absolute Gasteiger partial charge is 0.349 e. The summed E-state index contributed by atoms with van der Waals surface area (Å²) >= 11 is 0. The molecule has 4 rings (SSSR count). The number of rotatable bonds is 4. The zero-order chi connectivity index (χ0) is 17.4. The molecule has 2 bridgehead atoms. The summed E-state index contributed by atoms with van der Waals surface area (Å²) in [5.41, 5.74) is 0.580. The lowest BCUT2D eigenvalue weighted by Crippen LogP contribution is -2.48. The van der Waals surface area contributed by atoms with Crippen molar-refractivity contribution in [3.05, 3.63) is 52.6 Å². The van der Waals surface area contributed by atoms with E-state index in [0.29, 0.717) is 23.3 Å². The average molecular weight is 414 g/mol. The Morgan fingerprint density at radius 3 is 2.56 bits per heavy atom. The first-order valence-corrected chi connectivity index (χ1v) is 8.44. The third-order valence-corrected chi connectivity index (χ3v) is 5.03. The Morgan fingerprint density at radius 2 is 1.96 bits per heavy atom. The van der Waals surface area contributed by atoms with Gasteiger partial charge in [-0.3, -0.25) is 14.9 Å². The Labute approximate surface area is 168 Å². The predicted octanol–water partition coefficient (Wildman–Crippen LogP) is 2.64. The van der Waals surface area contributed by atoms with E-state index in [-0.39, 0.29) is 42.5 Å². The maximum absolute atomic E-state index is 12.5. The third kappa shape index (κ3) is 4.40. The zero-order valence-electron chi connectivity index (χ0n) is 14.4. The van der Waals surface area contributed by atoms with Crippen LogP contribution in [0.5, 0.6) is 0 Å². The standard InChI is InChI=1S/C17H19N5O3.2ClH/c23-17(20-14-8-12-2-3-13(9-14)19-12)11-1-4-15(16(7-11)22(24)25)21-6-5-18-10-21;;/h1,4-7,10,12-14,19H,2-3,8-9H2,(H,20,23);2*1H. The molecule has 0 saturated carbocycles. The molecule has 27 heavy (non-hydrogen) atoms. The number of benzene rings is 1. The van der Waals surface area contributed by atoms with E-state index in [1.165, 1.54) is 12.4 Å². The van der Waals surface area contributed by atoms with Gasteiger partial charge in [0.2, 0.25) is 0 Å². The second kappa shape index (κ2) is 8.69. The maximum Gasteiger partial charge on any atom is 0.294 e. The minimum Gasteiger partial charge on any atom is -0.349 e. The van der Waals surface area contributed by atoms with Gasteiger partial charge in [-0.15, -0.1) is 24.8 Å². The number of halogens is 2. The van der Waals surface area contributed by atoms with Gasteiger partial charge in [0.05, 0.1) is 11.3 Å². The van der Waals surface area contributed by atoms with E-state index in [1.54, 1.807) is 29.1 Å². The Balaban J connectivity index is 0.00000131. The molecule has 2 unspecified atom stereocenters. The summed E-state index contributed by atoms with van der Waals surface area (Å²) in [6.45, 7) is 0. The first-order chi connectivity index (χ1) is 12.1. The first-order valence-electron chi connectivity index (χ1n) is 8.44. The fraction of sp³-hybridized carbons (Fsp3) is 0.412. The Hall–Kier alpha value is -2.16. The lowest BCUT2D eigenvalue weighted by molar-refractivity contribution is -0.384. The van der Waals surface area contributed by atoms with Crippen molar-refractivity contribution in [1.82, 2.24) is 20.2 Å². The van der Waals surface area contributed by atoms with Crippen molar-refractivity contribution in [3.63, 3.8) is 0 Å². The van der Waals surface area contributed by atoms with Gasteiger partial charge in [-0.05, 0) is 37.8 Å². The highest BCUT2D eigenvalue weighted by atomic mass is 35.5. The molecule has 2 N–H and O–H groups in total. The molecule has 3 heterocycles. The molecule has 2 saturated heterocycles. The van der Waals surface area contributed by atoms with Crippen LogP contribution in [-0.2, 0) is 0 Å². The van der Waals surface area contributed by atoms with Crippen molar-refractivity contribution in [1.29, 1.82) is 0 Å². The van der Waals surface area contributed by atoms with Gasteiger partial charge in [-0.25, -0.2) is 4.98 Å². The number of fused-ring (bicyclic) bond motifs is 2. The molecule has 10 heteroatoms. The summed E-state index contributed by atoms with van der Waals surface area (Å²) in [5.74, 6) is -0.258. The van der Waals surface area contributed by atoms with Gasteiger partial charge in [0.1, 0.15) is 5.69 Å². The molecule has 2 aromatic rings. The van der Waals surface area contributed by atoms with Crippen molar-refractivity contribution >= 4 is 36.4 Å². The minimum atomic E-state index is -0.475. The second-order valence-corrected chi connectivity index (χ2v) is 6.71. The van der Waals surface area contributed by atoms with Crippen molar-refractivity contribution in [2.45, 2.75) is 43.8 Å². The SMILES string of the molecule is Cl.Cl.O=C(NC1CC2CCC(C1)N2)c1ccc(-n2ccnc2)c([N+](=O)[O-])c1. The summed E-state index contributed by atoms with van der Waals surface area (Å²) in [6, 6.07) is 5.61. The number of nitro groups is 1. The summed E-state index contributed by atoms with van der Waals surface area (Å²) in [6.07, 6.45) is 8.81. The highest BCUT2D eigenvalue weighted by molar-refractivity contribution is 5.95. The predicted molar refractivity (Wildman–Crippen MR) is 105 cm³/mol. The van der Waals surface area contributed by atoms with Gasteiger partial charge in [0.15, 0.2) is 0 Å². The van der Waals surface area contributed by atoms with Gasteiger partial charge >= 0.3 is 0 Å². The fourth-order valence-corrected chi connectivity index (χ4v) is 3.87. The number of hydrogen-bond acceptors (Lipinski definition) is 5. The number of piperidine rings is 1. The molecule has 146 valence electrons. The molecule has 1 aromatic heterocycles.